The average molecular weight is 289 g/mol. The lowest BCUT2D eigenvalue weighted by Gasteiger charge is -2.33. The van der Waals surface area contributed by atoms with Crippen molar-refractivity contribution >= 4 is 0 Å². The molecule has 118 valence electrons. The van der Waals surface area contributed by atoms with Crippen molar-refractivity contribution in [1.29, 1.82) is 0 Å². The van der Waals surface area contributed by atoms with Gasteiger partial charge < -0.3 is 10.1 Å². The van der Waals surface area contributed by atoms with Gasteiger partial charge in [0.25, 0.3) is 0 Å². The van der Waals surface area contributed by atoms with Crippen molar-refractivity contribution in [3.63, 3.8) is 0 Å². The average Bonchev–Trinajstić information content (AvgIpc) is 2.77. The zero-order valence-electron chi connectivity index (χ0n) is 14.3. The zero-order chi connectivity index (χ0) is 15.5. The van der Waals surface area contributed by atoms with E-state index >= 15 is 0 Å². The van der Waals surface area contributed by atoms with Gasteiger partial charge in [-0.1, -0.05) is 51.8 Å². The first kappa shape index (κ1) is 16.4. The second-order valence-electron chi connectivity index (χ2n) is 7.36. The third kappa shape index (κ3) is 4.47. The predicted octanol–water partition coefficient (Wildman–Crippen LogP) is 4.49. The Balaban J connectivity index is 1.99. The highest BCUT2D eigenvalue weighted by Crippen LogP contribution is 2.36. The van der Waals surface area contributed by atoms with E-state index in [0.717, 1.165) is 25.1 Å². The zero-order valence-corrected chi connectivity index (χ0v) is 14.3. The molecule has 1 heterocycles. The first-order valence-corrected chi connectivity index (χ1v) is 8.41. The van der Waals surface area contributed by atoms with E-state index in [0.29, 0.717) is 17.6 Å². The SMILES string of the molecule is CCCC(C)(CNC(C)C)CC1Cc2cc(C)ccc2O1. The maximum atomic E-state index is 6.18. The van der Waals surface area contributed by atoms with E-state index in [1.165, 1.54) is 24.0 Å². The van der Waals surface area contributed by atoms with Gasteiger partial charge in [0.05, 0.1) is 0 Å². The van der Waals surface area contributed by atoms with Crippen molar-refractivity contribution in [3.05, 3.63) is 29.3 Å². The molecule has 2 rings (SSSR count). The van der Waals surface area contributed by atoms with Crippen LogP contribution in [0.5, 0.6) is 5.75 Å². The lowest BCUT2D eigenvalue weighted by Crippen LogP contribution is -2.38. The monoisotopic (exact) mass is 289 g/mol. The van der Waals surface area contributed by atoms with Crippen LogP contribution in [0.3, 0.4) is 0 Å². The third-order valence-electron chi connectivity index (χ3n) is 4.47. The molecule has 0 aromatic heterocycles. The van der Waals surface area contributed by atoms with Gasteiger partial charge in [-0.3, -0.25) is 0 Å². The van der Waals surface area contributed by atoms with E-state index in [1.807, 2.05) is 0 Å². The summed E-state index contributed by atoms with van der Waals surface area (Å²) in [6.45, 7) is 12.4. The minimum Gasteiger partial charge on any atom is -0.490 e. The Kier molecular flexibility index (Phi) is 5.32. The van der Waals surface area contributed by atoms with E-state index in [1.54, 1.807) is 0 Å². The number of aryl methyl sites for hydroxylation is 1. The van der Waals surface area contributed by atoms with Gasteiger partial charge in [0, 0.05) is 19.0 Å². The molecule has 2 nitrogen and oxygen atoms in total. The fourth-order valence-corrected chi connectivity index (χ4v) is 3.43. The predicted molar refractivity (Wildman–Crippen MR) is 90.1 cm³/mol. The van der Waals surface area contributed by atoms with Gasteiger partial charge in [0.2, 0.25) is 0 Å². The molecule has 0 fully saturated rings. The van der Waals surface area contributed by atoms with E-state index < -0.39 is 0 Å². The van der Waals surface area contributed by atoms with Crippen molar-refractivity contribution in [1.82, 2.24) is 5.32 Å². The van der Waals surface area contributed by atoms with Crippen molar-refractivity contribution in [2.45, 2.75) is 72.4 Å². The maximum Gasteiger partial charge on any atom is 0.123 e. The summed E-state index contributed by atoms with van der Waals surface area (Å²) in [7, 11) is 0. The Morgan fingerprint density at radius 3 is 2.81 bits per heavy atom. The van der Waals surface area contributed by atoms with Gasteiger partial charge in [-0.05, 0) is 36.8 Å². The minimum atomic E-state index is 0.320. The highest BCUT2D eigenvalue weighted by atomic mass is 16.5. The van der Waals surface area contributed by atoms with Gasteiger partial charge in [0.15, 0.2) is 0 Å². The van der Waals surface area contributed by atoms with Crippen LogP contribution in [0, 0.1) is 12.3 Å². The third-order valence-corrected chi connectivity index (χ3v) is 4.47. The van der Waals surface area contributed by atoms with Crippen LogP contribution in [-0.4, -0.2) is 18.7 Å². The lowest BCUT2D eigenvalue weighted by molar-refractivity contribution is 0.133. The van der Waals surface area contributed by atoms with Gasteiger partial charge in [-0.25, -0.2) is 0 Å². The molecule has 0 saturated heterocycles. The van der Waals surface area contributed by atoms with Crippen LogP contribution in [0.4, 0.5) is 0 Å². The van der Waals surface area contributed by atoms with Crippen LogP contribution >= 0.6 is 0 Å². The fourth-order valence-electron chi connectivity index (χ4n) is 3.43. The van der Waals surface area contributed by atoms with Gasteiger partial charge in [-0.15, -0.1) is 0 Å². The molecule has 0 bridgehead atoms. The maximum absolute atomic E-state index is 6.18. The summed E-state index contributed by atoms with van der Waals surface area (Å²) in [6, 6.07) is 7.10. The Morgan fingerprint density at radius 2 is 2.14 bits per heavy atom. The molecule has 0 spiro atoms. The molecule has 2 unspecified atom stereocenters. The Morgan fingerprint density at radius 1 is 1.38 bits per heavy atom. The van der Waals surface area contributed by atoms with Gasteiger partial charge in [0.1, 0.15) is 11.9 Å². The Bertz CT molecular complexity index is 469. The van der Waals surface area contributed by atoms with Crippen LogP contribution in [0.25, 0.3) is 0 Å². The Hall–Kier alpha value is -1.02. The largest absolute Gasteiger partial charge is 0.490 e. The van der Waals surface area contributed by atoms with Gasteiger partial charge >= 0.3 is 0 Å². The molecule has 2 atom stereocenters. The summed E-state index contributed by atoms with van der Waals surface area (Å²) in [5.74, 6) is 1.10. The van der Waals surface area contributed by atoms with Crippen molar-refractivity contribution < 1.29 is 4.74 Å². The molecule has 1 aromatic carbocycles. The van der Waals surface area contributed by atoms with Crippen molar-refractivity contribution in [2.24, 2.45) is 5.41 Å². The normalized spacial score (nSPS) is 20.2. The summed E-state index contributed by atoms with van der Waals surface area (Å²) < 4.78 is 6.18. The molecular formula is C19H31NO. The first-order valence-electron chi connectivity index (χ1n) is 8.41. The smallest absolute Gasteiger partial charge is 0.123 e. The molecule has 1 N–H and O–H groups in total. The van der Waals surface area contributed by atoms with E-state index in [-0.39, 0.29) is 0 Å². The summed E-state index contributed by atoms with van der Waals surface area (Å²) >= 11 is 0. The molecule has 0 aliphatic carbocycles. The van der Waals surface area contributed by atoms with Crippen LogP contribution in [0.2, 0.25) is 0 Å². The second-order valence-corrected chi connectivity index (χ2v) is 7.36. The molecule has 1 aliphatic rings. The highest BCUT2D eigenvalue weighted by Gasteiger charge is 2.32. The summed E-state index contributed by atoms with van der Waals surface area (Å²) in [5.41, 5.74) is 3.03. The van der Waals surface area contributed by atoms with Crippen molar-refractivity contribution in [2.75, 3.05) is 6.54 Å². The number of ether oxygens (including phenoxy) is 1. The van der Waals surface area contributed by atoms with Crippen LogP contribution in [-0.2, 0) is 6.42 Å². The van der Waals surface area contributed by atoms with E-state index in [2.05, 4.69) is 58.1 Å². The summed E-state index contributed by atoms with van der Waals surface area (Å²) in [4.78, 5) is 0. The summed E-state index contributed by atoms with van der Waals surface area (Å²) in [6.07, 6.45) is 5.02. The van der Waals surface area contributed by atoms with Crippen LogP contribution in [0.15, 0.2) is 18.2 Å². The lowest BCUT2D eigenvalue weighted by atomic mass is 9.79. The molecular weight excluding hydrogens is 258 g/mol. The molecule has 0 radical (unpaired) electrons. The molecule has 1 aromatic rings. The van der Waals surface area contributed by atoms with Gasteiger partial charge in [-0.2, -0.15) is 0 Å². The Labute approximate surface area is 130 Å². The first-order chi connectivity index (χ1) is 9.92. The number of nitrogens with one attached hydrogen (secondary N) is 1. The number of hydrogen-bond donors (Lipinski definition) is 1. The highest BCUT2D eigenvalue weighted by molar-refractivity contribution is 5.40. The van der Waals surface area contributed by atoms with E-state index in [9.17, 15) is 0 Å². The molecule has 0 amide bonds. The number of rotatable bonds is 7. The fraction of sp³-hybridized carbons (Fsp3) is 0.684. The molecule has 2 heteroatoms. The molecule has 21 heavy (non-hydrogen) atoms. The van der Waals surface area contributed by atoms with E-state index in [4.69, 9.17) is 4.74 Å². The standard InChI is InChI=1S/C19H31NO/c1-6-9-19(5,13-20-14(2)3)12-17-11-16-10-15(4)7-8-18(16)21-17/h7-8,10,14,17,20H,6,9,11-13H2,1-5H3. The molecule has 0 saturated carbocycles. The second kappa shape index (κ2) is 6.83. The minimum absolute atomic E-state index is 0.320. The topological polar surface area (TPSA) is 21.3 Å². The molecule has 1 aliphatic heterocycles. The van der Waals surface area contributed by atoms with Crippen molar-refractivity contribution in [3.8, 4) is 5.75 Å². The quantitative estimate of drug-likeness (QED) is 0.798. The van der Waals surface area contributed by atoms with Crippen LogP contribution in [0.1, 0.15) is 58.1 Å². The summed E-state index contributed by atoms with van der Waals surface area (Å²) in [5, 5.41) is 3.62. The number of hydrogen-bond acceptors (Lipinski definition) is 2. The number of fused-ring (bicyclic) bond motifs is 1. The number of benzene rings is 1. The van der Waals surface area contributed by atoms with Crippen LogP contribution < -0.4 is 10.1 Å².